The molecule has 1 aliphatic carbocycles. The molecule has 1 aliphatic heterocycles. The van der Waals surface area contributed by atoms with Crippen LogP contribution in [-0.2, 0) is 10.8 Å². The molecule has 11 aromatic rings. The van der Waals surface area contributed by atoms with Crippen molar-refractivity contribution in [3.63, 3.8) is 0 Å². The molecule has 0 amide bonds. The monoisotopic (exact) mass is 904 g/mol. The minimum atomic E-state index is -0.609. The summed E-state index contributed by atoms with van der Waals surface area (Å²) in [6, 6.07) is 73.6. The van der Waals surface area contributed by atoms with Gasteiger partial charge in [0, 0.05) is 58.3 Å². The number of nitrogens with zero attached hydrogens (tertiary/aromatic N) is 6. The molecule has 13 rings (SSSR count). The molecule has 0 saturated carbocycles. The molecule has 0 spiro atoms. The Balaban J connectivity index is 0.966. The Hall–Kier alpha value is -8.81. The Morgan fingerprint density at radius 3 is 1.70 bits per heavy atom. The number of hydrogen-bond donors (Lipinski definition) is 0. The van der Waals surface area contributed by atoms with Crippen LogP contribution in [0.3, 0.4) is 0 Å². The molecule has 0 unspecified atom stereocenters. The van der Waals surface area contributed by atoms with Gasteiger partial charge in [0.05, 0.1) is 22.1 Å². The van der Waals surface area contributed by atoms with Crippen LogP contribution in [0.4, 0.5) is 23.0 Å². The third-order valence-electron chi connectivity index (χ3n) is 14.2. The smallest absolute Gasteiger partial charge is 0.178 e. The highest BCUT2D eigenvalue weighted by Crippen LogP contribution is 2.58. The van der Waals surface area contributed by atoms with E-state index < -0.39 is 5.41 Å². The van der Waals surface area contributed by atoms with Crippen molar-refractivity contribution in [3.05, 3.63) is 253 Å². The van der Waals surface area contributed by atoms with Gasteiger partial charge < -0.3 is 14.5 Å². The molecule has 4 heterocycles. The van der Waals surface area contributed by atoms with E-state index in [9.17, 15) is 0 Å². The fourth-order valence-corrected chi connectivity index (χ4v) is 11.1. The summed E-state index contributed by atoms with van der Waals surface area (Å²) in [6.07, 6.45) is 5.50. The van der Waals surface area contributed by atoms with Gasteiger partial charge in [0.15, 0.2) is 11.6 Å². The van der Waals surface area contributed by atoms with Crippen LogP contribution >= 0.6 is 0 Å². The Morgan fingerprint density at radius 2 is 1.06 bits per heavy atom. The molecule has 2 aliphatic rings. The minimum absolute atomic E-state index is 0.0627. The summed E-state index contributed by atoms with van der Waals surface area (Å²) in [6.45, 7) is 7.24. The first kappa shape index (κ1) is 41.4. The van der Waals surface area contributed by atoms with Crippen LogP contribution in [0.1, 0.15) is 48.6 Å². The molecular weight excluding hydrogens is 857 g/mol. The summed E-state index contributed by atoms with van der Waals surface area (Å²) in [5, 5.41) is 2.44. The number of anilines is 4. The number of rotatable bonds is 9. The third-order valence-corrected chi connectivity index (χ3v) is 14.2. The molecule has 7 nitrogen and oxygen atoms in total. The summed E-state index contributed by atoms with van der Waals surface area (Å²) in [5.41, 5.74) is 14.0. The van der Waals surface area contributed by atoms with E-state index in [2.05, 4.69) is 235 Å². The van der Waals surface area contributed by atoms with Crippen molar-refractivity contribution in [2.75, 3.05) is 16.5 Å². The van der Waals surface area contributed by atoms with Gasteiger partial charge in [-0.3, -0.25) is 4.57 Å². The van der Waals surface area contributed by atoms with Crippen LogP contribution in [0.25, 0.3) is 49.9 Å². The number of pyridine rings is 1. The molecule has 7 heteroatoms. The predicted molar refractivity (Wildman–Crippen MR) is 284 cm³/mol. The molecule has 3 aromatic heterocycles. The van der Waals surface area contributed by atoms with Crippen molar-refractivity contribution < 1.29 is 4.74 Å². The lowest BCUT2D eigenvalue weighted by molar-refractivity contribution is 0.482. The number of para-hydroxylation sites is 1. The zero-order chi connectivity index (χ0) is 47.0. The lowest BCUT2D eigenvalue weighted by atomic mass is 9.67. The van der Waals surface area contributed by atoms with E-state index in [1.165, 1.54) is 38.6 Å². The van der Waals surface area contributed by atoms with Crippen LogP contribution in [0.5, 0.6) is 11.5 Å². The Morgan fingerprint density at radius 1 is 0.471 bits per heavy atom. The van der Waals surface area contributed by atoms with Crippen LogP contribution in [0, 0.1) is 0 Å². The molecule has 0 fully saturated rings. The zero-order valence-corrected chi connectivity index (χ0v) is 39.2. The van der Waals surface area contributed by atoms with Crippen LogP contribution in [-0.4, -0.2) is 26.2 Å². The van der Waals surface area contributed by atoms with E-state index in [-0.39, 0.29) is 5.41 Å². The summed E-state index contributed by atoms with van der Waals surface area (Å²) in [4.78, 5) is 19.6. The fraction of sp³-hybridized carbons (Fsp3) is 0.0952. The van der Waals surface area contributed by atoms with Crippen molar-refractivity contribution >= 4 is 44.8 Å². The van der Waals surface area contributed by atoms with Gasteiger partial charge in [0.1, 0.15) is 24.0 Å². The molecule has 0 atom stereocenters. The molecule has 0 N–H and O–H groups in total. The molecule has 0 bridgehead atoms. The number of fused-ring (bicyclic) bond motifs is 1. The number of hydrogen-bond acceptors (Lipinski definition) is 6. The summed E-state index contributed by atoms with van der Waals surface area (Å²) in [5.74, 6) is 3.88. The van der Waals surface area contributed by atoms with E-state index in [0.717, 1.165) is 67.9 Å². The second-order valence-corrected chi connectivity index (χ2v) is 19.3. The third kappa shape index (κ3) is 6.46. The van der Waals surface area contributed by atoms with Gasteiger partial charge in [-0.15, -0.1) is 0 Å². The Bertz CT molecular complexity index is 3670. The maximum absolute atomic E-state index is 7.19. The van der Waals surface area contributed by atoms with E-state index in [1.54, 1.807) is 12.4 Å². The zero-order valence-electron chi connectivity index (χ0n) is 39.2. The van der Waals surface area contributed by atoms with Gasteiger partial charge in [-0.1, -0.05) is 178 Å². The van der Waals surface area contributed by atoms with E-state index in [1.807, 2.05) is 12.3 Å². The van der Waals surface area contributed by atoms with E-state index in [4.69, 9.17) is 19.7 Å². The average molecular weight is 905 g/mol. The van der Waals surface area contributed by atoms with Gasteiger partial charge in [-0.2, -0.15) is 0 Å². The van der Waals surface area contributed by atoms with Gasteiger partial charge in [0.2, 0.25) is 0 Å². The summed E-state index contributed by atoms with van der Waals surface area (Å²) >= 11 is 0. The van der Waals surface area contributed by atoms with Gasteiger partial charge in [0.25, 0.3) is 0 Å². The SMILES string of the molecule is CC(C)(C)c1ccnc(-n2c3cccc4c3c3c(cc(Oc5cccc(N6CN(c7c(-c8ccccc8)cccc7-c7ccccc7)c7nccnc76)c5)cc32)C4(c2ccccc2)c2ccccc2)c1. The number of aromatic nitrogens is 4. The van der Waals surface area contributed by atoms with Gasteiger partial charge in [-0.25, -0.2) is 15.0 Å². The maximum atomic E-state index is 7.19. The summed E-state index contributed by atoms with van der Waals surface area (Å²) < 4.78 is 9.52. The predicted octanol–water partition coefficient (Wildman–Crippen LogP) is 15.3. The van der Waals surface area contributed by atoms with Crippen molar-refractivity contribution in [1.29, 1.82) is 0 Å². The first-order valence-corrected chi connectivity index (χ1v) is 23.9. The molecular formula is C63H48N6O. The first-order valence-electron chi connectivity index (χ1n) is 23.9. The molecule has 336 valence electrons. The lowest BCUT2D eigenvalue weighted by Crippen LogP contribution is -2.29. The van der Waals surface area contributed by atoms with Crippen LogP contribution in [0.2, 0.25) is 0 Å². The van der Waals surface area contributed by atoms with Gasteiger partial charge in [-0.05, 0) is 80.8 Å². The number of benzene rings is 8. The van der Waals surface area contributed by atoms with Crippen molar-refractivity contribution in [2.45, 2.75) is 31.6 Å². The van der Waals surface area contributed by atoms with Crippen molar-refractivity contribution in [2.24, 2.45) is 0 Å². The Labute approximate surface area is 407 Å². The maximum Gasteiger partial charge on any atom is 0.178 e. The lowest BCUT2D eigenvalue weighted by Gasteiger charge is -2.35. The van der Waals surface area contributed by atoms with E-state index in [0.29, 0.717) is 12.4 Å². The minimum Gasteiger partial charge on any atom is -0.457 e. The highest BCUT2D eigenvalue weighted by molar-refractivity contribution is 6.18. The number of ether oxygens (including phenoxy) is 1. The standard InChI is InChI=1S/C63H48N6O/c1-62(2,3)46-33-34-64-56(37-46)69-54-32-18-31-52-57(54)58-53(63(52,44-23-12-6-13-24-44)45-25-14-7-15-26-45)39-49(40-55(58)69)70-48-28-16-27-47(38-48)67-41-68(61-60(67)65-35-36-66-61)59-50(42-19-8-4-9-20-42)29-17-30-51(59)43-21-10-5-11-22-43/h4-40H,41H2,1-3H3. The average Bonchev–Trinajstić information content (AvgIpc) is 4.07. The van der Waals surface area contributed by atoms with Crippen LogP contribution < -0.4 is 14.5 Å². The normalized spacial score (nSPS) is 13.6. The second-order valence-electron chi connectivity index (χ2n) is 19.3. The fourth-order valence-electron chi connectivity index (χ4n) is 11.1. The first-order chi connectivity index (χ1) is 34.4. The van der Waals surface area contributed by atoms with E-state index >= 15 is 0 Å². The van der Waals surface area contributed by atoms with Crippen LogP contribution in [0.15, 0.2) is 225 Å². The summed E-state index contributed by atoms with van der Waals surface area (Å²) in [7, 11) is 0. The van der Waals surface area contributed by atoms with Gasteiger partial charge >= 0.3 is 0 Å². The molecule has 8 aromatic carbocycles. The largest absolute Gasteiger partial charge is 0.457 e. The quantitative estimate of drug-likeness (QED) is 0.144. The molecule has 0 saturated heterocycles. The topological polar surface area (TPSA) is 59.3 Å². The highest BCUT2D eigenvalue weighted by atomic mass is 16.5. The highest BCUT2D eigenvalue weighted by Gasteiger charge is 2.47. The second kappa shape index (κ2) is 16.2. The van der Waals surface area contributed by atoms with Crippen molar-refractivity contribution in [3.8, 4) is 39.6 Å². The molecule has 70 heavy (non-hydrogen) atoms. The Kier molecular flexibility index (Phi) is 9.56. The molecule has 0 radical (unpaired) electrons. The van der Waals surface area contributed by atoms with Crippen molar-refractivity contribution in [1.82, 2.24) is 19.5 Å².